The van der Waals surface area contributed by atoms with Crippen LogP contribution < -0.4 is 0 Å². The van der Waals surface area contributed by atoms with E-state index in [1.807, 2.05) is 6.07 Å². The number of hydrogen-bond donors (Lipinski definition) is 1. The van der Waals surface area contributed by atoms with Crippen LogP contribution >= 0.6 is 11.3 Å². The average molecular weight is 282 g/mol. The van der Waals surface area contributed by atoms with Crippen molar-refractivity contribution >= 4 is 11.3 Å². The smallest absolute Gasteiger partial charge is 0.171 e. The molecule has 0 aliphatic rings. The fourth-order valence-corrected chi connectivity index (χ4v) is 3.39. The summed E-state index contributed by atoms with van der Waals surface area (Å²) in [5.74, 6) is 0.672. The van der Waals surface area contributed by atoms with E-state index >= 15 is 0 Å². The van der Waals surface area contributed by atoms with Gasteiger partial charge in [0, 0.05) is 0 Å². The molecule has 0 unspecified atom stereocenters. The molecular weight excluding hydrogens is 252 g/mol. The summed E-state index contributed by atoms with van der Waals surface area (Å²) in [4.78, 5) is 0. The lowest BCUT2D eigenvalue weighted by atomic mass is 9.90. The Labute approximate surface area is 123 Å². The van der Waals surface area contributed by atoms with Crippen molar-refractivity contribution in [1.29, 1.82) is 0 Å². The van der Waals surface area contributed by atoms with E-state index in [1.54, 1.807) is 0 Å². The zero-order valence-corrected chi connectivity index (χ0v) is 13.5. The Morgan fingerprint density at radius 1 is 0.947 bits per heavy atom. The second kappa shape index (κ2) is 10.3. The molecule has 1 rings (SSSR count). The molecule has 0 aromatic carbocycles. The molecule has 0 saturated carbocycles. The van der Waals surface area contributed by atoms with E-state index in [2.05, 4.69) is 19.2 Å². The highest BCUT2D eigenvalue weighted by Gasteiger charge is 2.13. The predicted molar refractivity (Wildman–Crippen MR) is 86.2 cm³/mol. The maximum Gasteiger partial charge on any atom is 0.171 e. The molecule has 1 N–H and O–H groups in total. The monoisotopic (exact) mass is 282 g/mol. The number of rotatable bonds is 11. The van der Waals surface area contributed by atoms with Gasteiger partial charge in [-0.25, -0.2) is 0 Å². The molecule has 0 atom stereocenters. The van der Waals surface area contributed by atoms with Crippen LogP contribution in [0.1, 0.15) is 89.5 Å². The van der Waals surface area contributed by atoms with Crippen LogP contribution in [0, 0.1) is 0 Å². The fourth-order valence-electron chi connectivity index (χ4n) is 2.67. The maximum atomic E-state index is 9.54. The van der Waals surface area contributed by atoms with Gasteiger partial charge in [0.2, 0.25) is 0 Å². The Bertz CT molecular complexity index is 307. The van der Waals surface area contributed by atoms with Crippen LogP contribution in [0.5, 0.6) is 5.06 Å². The zero-order valence-electron chi connectivity index (χ0n) is 12.7. The minimum Gasteiger partial charge on any atom is -0.499 e. The lowest BCUT2D eigenvalue weighted by molar-refractivity contribution is 0.482. The first-order chi connectivity index (χ1) is 9.27. The van der Waals surface area contributed by atoms with Crippen molar-refractivity contribution in [1.82, 2.24) is 0 Å². The van der Waals surface area contributed by atoms with Crippen LogP contribution in [0.15, 0.2) is 11.4 Å². The molecule has 0 aliphatic carbocycles. The van der Waals surface area contributed by atoms with Gasteiger partial charge in [0.1, 0.15) is 0 Å². The van der Waals surface area contributed by atoms with Gasteiger partial charge in [0.25, 0.3) is 0 Å². The first-order valence-corrected chi connectivity index (χ1v) is 8.93. The van der Waals surface area contributed by atoms with E-state index in [0.29, 0.717) is 11.0 Å². The van der Waals surface area contributed by atoms with E-state index in [9.17, 15) is 5.11 Å². The van der Waals surface area contributed by atoms with Gasteiger partial charge in [-0.1, -0.05) is 65.2 Å². The van der Waals surface area contributed by atoms with Crippen molar-refractivity contribution < 1.29 is 5.11 Å². The highest BCUT2D eigenvalue weighted by atomic mass is 32.1. The third-order valence-corrected chi connectivity index (χ3v) is 4.64. The second-order valence-electron chi connectivity index (χ2n) is 5.61. The largest absolute Gasteiger partial charge is 0.499 e. The van der Waals surface area contributed by atoms with Crippen LogP contribution in [-0.2, 0) is 0 Å². The normalized spacial score (nSPS) is 11.3. The molecule has 0 aliphatic heterocycles. The third-order valence-electron chi connectivity index (χ3n) is 3.89. The zero-order chi connectivity index (χ0) is 13.9. The first kappa shape index (κ1) is 16.6. The van der Waals surface area contributed by atoms with Gasteiger partial charge in [0.15, 0.2) is 5.06 Å². The summed E-state index contributed by atoms with van der Waals surface area (Å²) in [6.07, 6.45) is 13.3. The minimum absolute atomic E-state index is 0.474. The van der Waals surface area contributed by atoms with E-state index in [4.69, 9.17) is 0 Å². The summed E-state index contributed by atoms with van der Waals surface area (Å²) in [6.45, 7) is 4.53. The van der Waals surface area contributed by atoms with Crippen molar-refractivity contribution in [3.63, 3.8) is 0 Å². The van der Waals surface area contributed by atoms with Crippen molar-refractivity contribution in [3.05, 3.63) is 17.0 Å². The van der Waals surface area contributed by atoms with Crippen LogP contribution in [0.2, 0.25) is 0 Å². The molecule has 0 saturated heterocycles. The van der Waals surface area contributed by atoms with Gasteiger partial charge >= 0.3 is 0 Å². The number of thiophene rings is 1. The summed E-state index contributed by atoms with van der Waals surface area (Å²) in [7, 11) is 0. The van der Waals surface area contributed by atoms with E-state index in [-0.39, 0.29) is 0 Å². The van der Waals surface area contributed by atoms with E-state index in [0.717, 1.165) is 0 Å². The number of unbranched alkanes of at least 4 members (excludes halogenated alkanes) is 6. The molecule has 0 radical (unpaired) electrons. The Hall–Kier alpha value is -0.500. The lowest BCUT2D eigenvalue weighted by Gasteiger charge is -2.15. The Morgan fingerprint density at radius 2 is 1.53 bits per heavy atom. The number of aromatic hydroxyl groups is 1. The Morgan fingerprint density at radius 3 is 1.95 bits per heavy atom. The highest BCUT2D eigenvalue weighted by Crippen LogP contribution is 2.33. The van der Waals surface area contributed by atoms with Crippen LogP contribution in [0.3, 0.4) is 0 Å². The first-order valence-electron chi connectivity index (χ1n) is 8.05. The van der Waals surface area contributed by atoms with Gasteiger partial charge in [-0.05, 0) is 35.8 Å². The minimum atomic E-state index is 0.474. The molecule has 1 aromatic heterocycles. The van der Waals surface area contributed by atoms with Crippen molar-refractivity contribution in [2.45, 2.75) is 84.0 Å². The SMILES string of the molecule is CCCCCCC(CCCCCC)c1csc(O)c1. The molecule has 0 fully saturated rings. The van der Waals surface area contributed by atoms with Crippen molar-refractivity contribution in [2.24, 2.45) is 0 Å². The molecule has 1 nitrogen and oxygen atoms in total. The molecule has 0 bridgehead atoms. The topological polar surface area (TPSA) is 20.2 Å². The quantitative estimate of drug-likeness (QED) is 0.461. The van der Waals surface area contributed by atoms with E-state index in [1.165, 1.54) is 81.1 Å². The van der Waals surface area contributed by atoms with Crippen molar-refractivity contribution in [2.75, 3.05) is 0 Å². The maximum absolute atomic E-state index is 9.54. The molecule has 2 heteroatoms. The summed E-state index contributed by atoms with van der Waals surface area (Å²) in [5.41, 5.74) is 1.37. The van der Waals surface area contributed by atoms with E-state index < -0.39 is 0 Å². The third kappa shape index (κ3) is 7.00. The van der Waals surface area contributed by atoms with Gasteiger partial charge in [-0.3, -0.25) is 0 Å². The Kier molecular flexibility index (Phi) is 8.98. The molecular formula is C17H30OS. The lowest BCUT2D eigenvalue weighted by Crippen LogP contribution is -1.98. The number of hydrogen-bond acceptors (Lipinski definition) is 2. The fraction of sp³-hybridized carbons (Fsp3) is 0.765. The average Bonchev–Trinajstić information content (AvgIpc) is 2.83. The second-order valence-corrected chi connectivity index (χ2v) is 6.50. The Balaban J connectivity index is 2.38. The molecule has 0 spiro atoms. The predicted octanol–water partition coefficient (Wildman–Crippen LogP) is 6.48. The summed E-state index contributed by atoms with van der Waals surface area (Å²) in [5, 5.41) is 12.2. The summed E-state index contributed by atoms with van der Waals surface area (Å²) < 4.78 is 0. The molecule has 110 valence electrons. The van der Waals surface area contributed by atoms with Crippen LogP contribution in [0.25, 0.3) is 0 Å². The summed E-state index contributed by atoms with van der Waals surface area (Å²) in [6, 6.07) is 1.98. The van der Waals surface area contributed by atoms with Crippen LogP contribution in [0.4, 0.5) is 0 Å². The molecule has 1 heterocycles. The molecule has 0 amide bonds. The standard InChI is InChI=1S/C17H30OS/c1-3-5-7-9-11-15(12-10-8-6-4-2)16-13-17(18)19-14-16/h13-15,18H,3-12H2,1-2H3. The van der Waals surface area contributed by atoms with Crippen molar-refractivity contribution in [3.8, 4) is 5.06 Å². The van der Waals surface area contributed by atoms with Gasteiger partial charge in [-0.15, -0.1) is 11.3 Å². The highest BCUT2D eigenvalue weighted by molar-refractivity contribution is 7.11. The molecule has 1 aromatic rings. The van der Waals surface area contributed by atoms with Gasteiger partial charge in [-0.2, -0.15) is 0 Å². The summed E-state index contributed by atoms with van der Waals surface area (Å²) >= 11 is 1.48. The van der Waals surface area contributed by atoms with Gasteiger partial charge in [0.05, 0.1) is 0 Å². The molecule has 19 heavy (non-hydrogen) atoms. The van der Waals surface area contributed by atoms with Crippen LogP contribution in [-0.4, -0.2) is 5.11 Å². The van der Waals surface area contributed by atoms with Gasteiger partial charge < -0.3 is 5.11 Å².